The molecule has 1 heterocycles. The number of ether oxygens (including phenoxy) is 2. The Hall–Kier alpha value is -2.26. The average molecular weight is 297 g/mol. The van der Waals surface area contributed by atoms with Crippen molar-refractivity contribution in [1.29, 1.82) is 0 Å². The standard InChI is InChI=1S/C12H15N3O6/c1-12(2)20-7-8(21-12)6-13-11-9(14(16)17)4-3-5-10(11)15(18)19/h3-5,8,13H,6-7H2,1-2H3. The molecular formula is C12H15N3O6. The van der Waals surface area contributed by atoms with Crippen LogP contribution in [-0.2, 0) is 9.47 Å². The summed E-state index contributed by atoms with van der Waals surface area (Å²) in [6.07, 6.45) is -0.334. The third-order valence-electron chi connectivity index (χ3n) is 2.99. The van der Waals surface area contributed by atoms with Gasteiger partial charge in [0.2, 0.25) is 0 Å². The van der Waals surface area contributed by atoms with Gasteiger partial charge in [-0.15, -0.1) is 0 Å². The van der Waals surface area contributed by atoms with Crippen molar-refractivity contribution in [2.45, 2.75) is 25.7 Å². The van der Waals surface area contributed by atoms with E-state index in [9.17, 15) is 20.2 Å². The first-order valence-electron chi connectivity index (χ1n) is 6.27. The van der Waals surface area contributed by atoms with E-state index in [1.165, 1.54) is 18.2 Å². The summed E-state index contributed by atoms with van der Waals surface area (Å²) in [5.74, 6) is -0.721. The van der Waals surface area contributed by atoms with Gasteiger partial charge in [-0.1, -0.05) is 0 Å². The molecule has 0 bridgehead atoms. The van der Waals surface area contributed by atoms with Crippen LogP contribution in [0.25, 0.3) is 0 Å². The quantitative estimate of drug-likeness (QED) is 0.653. The lowest BCUT2D eigenvalue weighted by atomic mass is 10.2. The molecule has 1 aromatic carbocycles. The number of hydrogen-bond donors (Lipinski definition) is 1. The minimum atomic E-state index is -0.721. The highest BCUT2D eigenvalue weighted by atomic mass is 16.7. The molecule has 2 rings (SSSR count). The molecule has 1 unspecified atom stereocenters. The predicted octanol–water partition coefficient (Wildman–Crippen LogP) is 2.07. The van der Waals surface area contributed by atoms with Crippen LogP contribution in [0.4, 0.5) is 17.1 Å². The maximum atomic E-state index is 11.0. The van der Waals surface area contributed by atoms with Crippen molar-refractivity contribution in [2.24, 2.45) is 0 Å². The van der Waals surface area contributed by atoms with Gasteiger partial charge in [-0.25, -0.2) is 0 Å². The van der Waals surface area contributed by atoms with Crippen LogP contribution in [0.3, 0.4) is 0 Å². The van der Waals surface area contributed by atoms with E-state index in [4.69, 9.17) is 9.47 Å². The first-order chi connectivity index (χ1) is 9.80. The van der Waals surface area contributed by atoms with Crippen LogP contribution in [0.15, 0.2) is 18.2 Å². The van der Waals surface area contributed by atoms with Crippen molar-refractivity contribution in [3.63, 3.8) is 0 Å². The van der Waals surface area contributed by atoms with Crippen molar-refractivity contribution in [1.82, 2.24) is 0 Å². The largest absolute Gasteiger partial charge is 0.371 e. The Morgan fingerprint density at radius 2 is 1.86 bits per heavy atom. The monoisotopic (exact) mass is 297 g/mol. The number of nitro groups is 2. The van der Waals surface area contributed by atoms with Crippen LogP contribution in [0.5, 0.6) is 0 Å². The Morgan fingerprint density at radius 3 is 2.29 bits per heavy atom. The molecule has 1 N–H and O–H groups in total. The number of nitrogens with zero attached hydrogens (tertiary/aromatic N) is 2. The van der Waals surface area contributed by atoms with E-state index in [1.54, 1.807) is 13.8 Å². The molecule has 0 aromatic heterocycles. The highest BCUT2D eigenvalue weighted by Gasteiger charge is 2.33. The lowest BCUT2D eigenvalue weighted by molar-refractivity contribution is -0.392. The molecule has 1 fully saturated rings. The number of rotatable bonds is 5. The molecule has 1 aliphatic heterocycles. The second-order valence-electron chi connectivity index (χ2n) is 5.02. The van der Waals surface area contributed by atoms with Gasteiger partial charge in [-0.05, 0) is 19.9 Å². The van der Waals surface area contributed by atoms with Gasteiger partial charge in [-0.3, -0.25) is 20.2 Å². The van der Waals surface area contributed by atoms with Crippen LogP contribution < -0.4 is 5.32 Å². The number of anilines is 1. The smallest absolute Gasteiger partial charge is 0.299 e. The molecule has 114 valence electrons. The molecule has 9 heteroatoms. The minimum absolute atomic E-state index is 0.124. The highest BCUT2D eigenvalue weighted by molar-refractivity contribution is 5.73. The Balaban J connectivity index is 2.18. The third kappa shape index (κ3) is 3.44. The molecule has 21 heavy (non-hydrogen) atoms. The van der Waals surface area contributed by atoms with E-state index in [-0.39, 0.29) is 29.7 Å². The second-order valence-corrected chi connectivity index (χ2v) is 5.02. The molecule has 0 saturated carbocycles. The fourth-order valence-electron chi connectivity index (χ4n) is 2.09. The summed E-state index contributed by atoms with van der Waals surface area (Å²) < 4.78 is 10.9. The fraction of sp³-hybridized carbons (Fsp3) is 0.500. The van der Waals surface area contributed by atoms with E-state index in [0.29, 0.717) is 6.61 Å². The van der Waals surface area contributed by atoms with Crippen LogP contribution >= 0.6 is 0 Å². The SMILES string of the molecule is CC1(C)OCC(CNc2c([N+](=O)[O-])cccc2[N+](=O)[O-])O1. The van der Waals surface area contributed by atoms with Gasteiger partial charge in [0, 0.05) is 18.7 Å². The maximum Gasteiger partial charge on any atom is 0.299 e. The van der Waals surface area contributed by atoms with Crippen LogP contribution in [0, 0.1) is 20.2 Å². The summed E-state index contributed by atoms with van der Waals surface area (Å²) in [5.41, 5.74) is -0.814. The van der Waals surface area contributed by atoms with E-state index in [1.807, 2.05) is 0 Å². The van der Waals surface area contributed by atoms with Gasteiger partial charge in [0.25, 0.3) is 11.4 Å². The Morgan fingerprint density at radius 1 is 1.29 bits per heavy atom. The molecule has 9 nitrogen and oxygen atoms in total. The topological polar surface area (TPSA) is 117 Å². The minimum Gasteiger partial charge on any atom is -0.371 e. The van der Waals surface area contributed by atoms with E-state index >= 15 is 0 Å². The summed E-state index contributed by atoms with van der Waals surface area (Å²) in [6, 6.07) is 3.70. The number of nitro benzene ring substituents is 2. The fourth-order valence-corrected chi connectivity index (χ4v) is 2.09. The van der Waals surface area contributed by atoms with Gasteiger partial charge in [-0.2, -0.15) is 0 Å². The van der Waals surface area contributed by atoms with Gasteiger partial charge >= 0.3 is 0 Å². The summed E-state index contributed by atoms with van der Waals surface area (Å²) in [5, 5.41) is 24.7. The highest BCUT2D eigenvalue weighted by Crippen LogP contribution is 2.34. The third-order valence-corrected chi connectivity index (χ3v) is 2.99. The van der Waals surface area contributed by atoms with E-state index in [0.717, 1.165) is 0 Å². The first-order valence-corrected chi connectivity index (χ1v) is 6.27. The lowest BCUT2D eigenvalue weighted by Gasteiger charge is -2.17. The summed E-state index contributed by atoms with van der Waals surface area (Å²) in [6.45, 7) is 3.99. The number of nitrogens with one attached hydrogen (secondary N) is 1. The zero-order chi connectivity index (χ0) is 15.6. The van der Waals surface area contributed by atoms with Crippen LogP contribution in [0.2, 0.25) is 0 Å². The van der Waals surface area contributed by atoms with Crippen molar-refractivity contribution >= 4 is 17.1 Å². The Kier molecular flexibility index (Phi) is 4.05. The number of para-hydroxylation sites is 1. The van der Waals surface area contributed by atoms with Gasteiger partial charge < -0.3 is 14.8 Å². The van der Waals surface area contributed by atoms with Crippen molar-refractivity contribution in [2.75, 3.05) is 18.5 Å². The first kappa shape index (κ1) is 15.1. The number of hydrogen-bond acceptors (Lipinski definition) is 7. The van der Waals surface area contributed by atoms with Gasteiger partial charge in [0.1, 0.15) is 6.10 Å². The molecule has 1 atom stereocenters. The summed E-state index contributed by atoms with van der Waals surface area (Å²) in [4.78, 5) is 20.6. The molecule has 0 aliphatic carbocycles. The average Bonchev–Trinajstić information content (AvgIpc) is 2.75. The van der Waals surface area contributed by atoms with E-state index in [2.05, 4.69) is 5.32 Å². The van der Waals surface area contributed by atoms with E-state index < -0.39 is 15.6 Å². The zero-order valence-electron chi connectivity index (χ0n) is 11.6. The number of benzene rings is 1. The maximum absolute atomic E-state index is 11.0. The van der Waals surface area contributed by atoms with Crippen molar-refractivity contribution in [3.05, 3.63) is 38.4 Å². The predicted molar refractivity (Wildman–Crippen MR) is 73.1 cm³/mol. The molecule has 0 radical (unpaired) electrons. The Bertz CT molecular complexity index is 542. The lowest BCUT2D eigenvalue weighted by Crippen LogP contribution is -2.26. The zero-order valence-corrected chi connectivity index (χ0v) is 11.6. The summed E-state index contributed by atoms with van der Waals surface area (Å²) >= 11 is 0. The molecule has 1 aliphatic rings. The molecule has 0 amide bonds. The molecule has 0 spiro atoms. The van der Waals surface area contributed by atoms with Crippen molar-refractivity contribution in [3.8, 4) is 0 Å². The second kappa shape index (κ2) is 5.62. The molecule has 1 saturated heterocycles. The van der Waals surface area contributed by atoms with Crippen LogP contribution in [0.1, 0.15) is 13.8 Å². The summed E-state index contributed by atoms with van der Waals surface area (Å²) in [7, 11) is 0. The van der Waals surface area contributed by atoms with Gasteiger partial charge in [0.05, 0.1) is 16.5 Å². The van der Waals surface area contributed by atoms with Crippen molar-refractivity contribution < 1.29 is 19.3 Å². The van der Waals surface area contributed by atoms with Crippen LogP contribution in [-0.4, -0.2) is 34.9 Å². The Labute approximate surface area is 120 Å². The normalized spacial score (nSPS) is 20.2. The molecular weight excluding hydrogens is 282 g/mol. The van der Waals surface area contributed by atoms with Gasteiger partial charge in [0.15, 0.2) is 11.5 Å². The molecule has 1 aromatic rings.